The number of carbonyl (C=O) groups excluding carboxylic acids is 4. The highest BCUT2D eigenvalue weighted by atomic mass is 16.6. The normalized spacial score (nSPS) is 20.2. The molecular weight excluding hydrogens is 821 g/mol. The van der Waals surface area contributed by atoms with Gasteiger partial charge >= 0.3 is 12.2 Å². The number of carbonyl (C=O) groups is 4. The summed E-state index contributed by atoms with van der Waals surface area (Å²) in [6.07, 6.45) is 0.664. The molecule has 0 radical (unpaired) electrons. The van der Waals surface area contributed by atoms with E-state index in [9.17, 15) is 24.3 Å². The maximum atomic E-state index is 14.2. The molecule has 2 aliphatic carbocycles. The summed E-state index contributed by atoms with van der Waals surface area (Å²) in [6, 6.07) is 40.8. The number of benzene rings is 4. The fourth-order valence-electron chi connectivity index (χ4n) is 8.75. The first-order valence-corrected chi connectivity index (χ1v) is 22.3. The monoisotopic (exact) mass is 880 g/mol. The van der Waals surface area contributed by atoms with Gasteiger partial charge in [-0.2, -0.15) is 0 Å². The second-order valence-corrected chi connectivity index (χ2v) is 18.4. The molecule has 7 rings (SSSR count). The molecule has 5 aromatic rings. The maximum absolute atomic E-state index is 14.2. The minimum atomic E-state index is -1.12. The van der Waals surface area contributed by atoms with Crippen LogP contribution >= 0.6 is 0 Å². The molecule has 340 valence electrons. The van der Waals surface area contributed by atoms with E-state index in [-0.39, 0.29) is 50.2 Å². The van der Waals surface area contributed by atoms with E-state index in [1.807, 2.05) is 161 Å². The Labute approximate surface area is 381 Å². The molecule has 4 aromatic carbocycles. The van der Waals surface area contributed by atoms with Gasteiger partial charge in [0.25, 0.3) is 0 Å². The largest absolute Gasteiger partial charge is 0.445 e. The van der Waals surface area contributed by atoms with Crippen LogP contribution in [0.3, 0.4) is 0 Å². The van der Waals surface area contributed by atoms with Crippen molar-refractivity contribution in [3.05, 3.63) is 162 Å². The lowest BCUT2D eigenvalue weighted by Gasteiger charge is -2.51. The second-order valence-electron chi connectivity index (χ2n) is 18.4. The predicted molar refractivity (Wildman–Crippen MR) is 247 cm³/mol. The van der Waals surface area contributed by atoms with Crippen molar-refractivity contribution in [2.75, 3.05) is 6.54 Å². The molecule has 0 unspecified atom stereocenters. The minimum absolute atomic E-state index is 0.0162. The standard InChI is InChI=1S/C52H60N6O7/c1-51(2)40(29-45(51)55-49(62)64-33-37-18-10-6-11-19-37)47(60)54-43(28-35-16-8-5-9-17-35)44(59)32-58(31-36-23-25-39(26-24-36)42-22-14-15-27-53-42)57-48(61)41-30-46(52(41,3)4)56-50(63)65-34-38-20-12-7-13-21-38/h5-27,40-41,43-46,59H,28-34H2,1-4H3,(H,54,60)(H,55,62)(H,56,63)(H,57,61)/t40-,41-,43+,44-,45-,46-/m1/s1. The third-order valence-electron chi connectivity index (χ3n) is 13.2. The van der Waals surface area contributed by atoms with Crippen LogP contribution in [0, 0.1) is 22.7 Å². The number of pyridine rings is 1. The van der Waals surface area contributed by atoms with Crippen molar-refractivity contribution in [2.24, 2.45) is 22.7 Å². The average molecular weight is 881 g/mol. The third kappa shape index (κ3) is 12.0. The van der Waals surface area contributed by atoms with Gasteiger partial charge in [-0.15, -0.1) is 0 Å². The van der Waals surface area contributed by atoms with Gasteiger partial charge in [0.2, 0.25) is 11.8 Å². The number of rotatable bonds is 18. The number of alkyl carbamates (subject to hydrolysis) is 2. The van der Waals surface area contributed by atoms with Crippen molar-refractivity contribution in [1.29, 1.82) is 0 Å². The van der Waals surface area contributed by atoms with Crippen molar-refractivity contribution in [1.82, 2.24) is 31.4 Å². The van der Waals surface area contributed by atoms with Gasteiger partial charge < -0.3 is 30.5 Å². The van der Waals surface area contributed by atoms with E-state index >= 15 is 0 Å². The zero-order valence-electron chi connectivity index (χ0n) is 37.5. The van der Waals surface area contributed by atoms with Crippen LogP contribution in [0.4, 0.5) is 9.59 Å². The van der Waals surface area contributed by atoms with Gasteiger partial charge in [-0.1, -0.05) is 149 Å². The Balaban J connectivity index is 1.02. The molecule has 5 N–H and O–H groups in total. The van der Waals surface area contributed by atoms with Crippen LogP contribution in [0.5, 0.6) is 0 Å². The minimum Gasteiger partial charge on any atom is -0.445 e. The summed E-state index contributed by atoms with van der Waals surface area (Å²) in [5.74, 6) is -1.38. The summed E-state index contributed by atoms with van der Waals surface area (Å²) in [7, 11) is 0. The molecule has 2 fully saturated rings. The van der Waals surface area contributed by atoms with Crippen molar-refractivity contribution in [3.8, 4) is 11.3 Å². The van der Waals surface area contributed by atoms with Crippen LogP contribution in [-0.2, 0) is 45.2 Å². The van der Waals surface area contributed by atoms with E-state index in [1.54, 1.807) is 11.2 Å². The summed E-state index contributed by atoms with van der Waals surface area (Å²) in [6.45, 7) is 8.28. The van der Waals surface area contributed by atoms with Gasteiger partial charge in [0.05, 0.1) is 17.8 Å². The molecule has 2 aliphatic rings. The highest BCUT2D eigenvalue weighted by Gasteiger charge is 2.54. The summed E-state index contributed by atoms with van der Waals surface area (Å²) >= 11 is 0. The zero-order valence-corrected chi connectivity index (χ0v) is 37.5. The highest BCUT2D eigenvalue weighted by molar-refractivity contribution is 5.82. The lowest BCUT2D eigenvalue weighted by molar-refractivity contribution is -0.144. The van der Waals surface area contributed by atoms with Crippen LogP contribution in [0.1, 0.15) is 62.8 Å². The van der Waals surface area contributed by atoms with E-state index in [1.165, 1.54) is 0 Å². The molecule has 1 aromatic heterocycles. The molecule has 1 heterocycles. The molecule has 0 spiro atoms. The SMILES string of the molecule is CC1(C)[C@@H](C(=O)N[C@@H](Cc2ccccc2)[C@H](O)CN(Cc2ccc(-c3ccccn3)cc2)NC(=O)[C@H]2C[C@@H](NC(=O)OCc3ccccc3)C2(C)C)C[C@H]1NC(=O)OCc1ccccc1. The maximum Gasteiger partial charge on any atom is 0.407 e. The van der Waals surface area contributed by atoms with Gasteiger partial charge in [-0.05, 0) is 64.5 Å². The van der Waals surface area contributed by atoms with Crippen molar-refractivity contribution < 1.29 is 33.8 Å². The molecule has 13 nitrogen and oxygen atoms in total. The lowest BCUT2D eigenvalue weighted by atomic mass is 9.58. The van der Waals surface area contributed by atoms with Crippen LogP contribution in [0.25, 0.3) is 11.3 Å². The highest BCUT2D eigenvalue weighted by Crippen LogP contribution is 2.47. The topological polar surface area (TPSA) is 171 Å². The molecule has 65 heavy (non-hydrogen) atoms. The quantitative estimate of drug-likeness (QED) is 0.0565. The number of hydrazine groups is 1. The average Bonchev–Trinajstić information content (AvgIpc) is 3.31. The molecule has 4 amide bonds. The first-order chi connectivity index (χ1) is 31.3. The van der Waals surface area contributed by atoms with Crippen molar-refractivity contribution >= 4 is 24.0 Å². The third-order valence-corrected chi connectivity index (χ3v) is 13.2. The molecule has 2 saturated carbocycles. The number of hydrogen-bond acceptors (Lipinski definition) is 9. The zero-order chi connectivity index (χ0) is 46.0. The number of nitrogens with one attached hydrogen (secondary N) is 4. The summed E-state index contributed by atoms with van der Waals surface area (Å²) in [5.41, 5.74) is 7.23. The van der Waals surface area contributed by atoms with E-state index in [0.717, 1.165) is 33.5 Å². The molecule has 6 atom stereocenters. The number of nitrogens with zero attached hydrogens (tertiary/aromatic N) is 2. The molecule has 13 heteroatoms. The smallest absolute Gasteiger partial charge is 0.407 e. The van der Waals surface area contributed by atoms with Gasteiger partial charge in [0.1, 0.15) is 13.2 Å². The second kappa shape index (κ2) is 21.0. The number of hydrogen-bond donors (Lipinski definition) is 5. The summed E-state index contributed by atoms with van der Waals surface area (Å²) < 4.78 is 10.9. The Bertz CT molecular complexity index is 2350. The van der Waals surface area contributed by atoms with Gasteiger partial charge in [-0.25, -0.2) is 14.6 Å². The van der Waals surface area contributed by atoms with Crippen LogP contribution < -0.4 is 21.4 Å². The Hall–Kier alpha value is -6.57. The Morgan fingerprint density at radius 1 is 0.646 bits per heavy atom. The van der Waals surface area contributed by atoms with Crippen LogP contribution in [0.2, 0.25) is 0 Å². The summed E-state index contributed by atoms with van der Waals surface area (Å²) in [4.78, 5) is 58.3. The fourth-order valence-corrected chi connectivity index (χ4v) is 8.75. The van der Waals surface area contributed by atoms with Crippen molar-refractivity contribution in [3.63, 3.8) is 0 Å². The van der Waals surface area contributed by atoms with Crippen LogP contribution in [-0.4, -0.2) is 69.9 Å². The van der Waals surface area contributed by atoms with E-state index < -0.39 is 47.0 Å². The first-order valence-electron chi connectivity index (χ1n) is 22.3. The Morgan fingerprint density at radius 2 is 1.14 bits per heavy atom. The predicted octanol–water partition coefficient (Wildman–Crippen LogP) is 7.35. The Kier molecular flexibility index (Phi) is 15.0. The number of aromatic nitrogens is 1. The molecule has 0 aliphatic heterocycles. The number of ether oxygens (including phenoxy) is 2. The molecule has 0 saturated heterocycles. The van der Waals surface area contributed by atoms with E-state index in [0.29, 0.717) is 19.3 Å². The summed E-state index contributed by atoms with van der Waals surface area (Å²) in [5, 5.41) is 22.9. The van der Waals surface area contributed by atoms with E-state index in [4.69, 9.17) is 9.47 Å². The molecular formula is C52H60N6O7. The number of amides is 4. The number of aliphatic hydroxyl groups is 1. The van der Waals surface area contributed by atoms with E-state index in [2.05, 4.69) is 26.4 Å². The van der Waals surface area contributed by atoms with Gasteiger partial charge in [0, 0.05) is 48.8 Å². The van der Waals surface area contributed by atoms with Gasteiger partial charge in [0.15, 0.2) is 0 Å². The molecule has 0 bridgehead atoms. The fraction of sp³-hybridized carbons (Fsp3) is 0.365. The van der Waals surface area contributed by atoms with Crippen LogP contribution in [0.15, 0.2) is 140 Å². The Morgan fingerprint density at radius 3 is 1.63 bits per heavy atom. The number of aliphatic hydroxyl groups excluding tert-OH is 1. The van der Waals surface area contributed by atoms with Crippen molar-refractivity contribution in [2.45, 2.75) is 90.9 Å². The first kappa shape index (κ1) is 46.4. The lowest BCUT2D eigenvalue weighted by Crippen LogP contribution is -2.64. The van der Waals surface area contributed by atoms with Gasteiger partial charge in [-0.3, -0.25) is 20.0 Å².